The first kappa shape index (κ1) is 23.2. The number of nitrogens with zero attached hydrogens (tertiary/aromatic N) is 5. The van der Waals surface area contributed by atoms with Crippen molar-refractivity contribution in [2.75, 3.05) is 25.5 Å². The number of carbonyl (C=O) groups excluding carboxylic acids is 2. The van der Waals surface area contributed by atoms with E-state index in [4.69, 9.17) is 16.3 Å². The Hall–Kier alpha value is -3.46. The fourth-order valence-corrected chi connectivity index (χ4v) is 3.54. The van der Waals surface area contributed by atoms with Crippen molar-refractivity contribution in [1.82, 2.24) is 24.9 Å². The normalized spacial score (nSPS) is 10.7. The number of ether oxygens (including phenoxy) is 1. The van der Waals surface area contributed by atoms with Gasteiger partial charge in [0.2, 0.25) is 5.88 Å². The monoisotopic (exact) mass is 456 g/mol. The molecule has 0 radical (unpaired) electrons. The quantitative estimate of drug-likeness (QED) is 0.555. The van der Waals surface area contributed by atoms with Crippen LogP contribution in [0.1, 0.15) is 47.2 Å². The summed E-state index contributed by atoms with van der Waals surface area (Å²) in [4.78, 5) is 27.2. The lowest BCUT2D eigenvalue weighted by atomic mass is 10.1. The van der Waals surface area contributed by atoms with Crippen LogP contribution in [0.3, 0.4) is 0 Å². The fourth-order valence-electron chi connectivity index (χ4n) is 3.28. The molecule has 0 fully saturated rings. The number of aromatic nitrogens is 4. The van der Waals surface area contributed by atoms with Gasteiger partial charge in [0.1, 0.15) is 0 Å². The zero-order valence-corrected chi connectivity index (χ0v) is 19.2. The number of hydrogen-bond acceptors (Lipinski definition) is 6. The van der Waals surface area contributed by atoms with Crippen molar-refractivity contribution in [3.63, 3.8) is 0 Å². The molecule has 1 N–H and O–H groups in total. The summed E-state index contributed by atoms with van der Waals surface area (Å²) in [6, 6.07) is 8.24. The Balaban J connectivity index is 1.82. The lowest BCUT2D eigenvalue weighted by molar-refractivity contribution is 0.0773. The van der Waals surface area contributed by atoms with Gasteiger partial charge in [-0.2, -0.15) is 5.10 Å². The standard InChI is InChI=1S/C22H25ClN6O3/c1-5-18-16(13-24-29(18)19-10-11-20(32-4)27-26-19)21(30)25-14-8-9-15(17(23)12-14)22(31)28(6-2)7-3/h8-13H,5-7H2,1-4H3,(H,25,30). The summed E-state index contributed by atoms with van der Waals surface area (Å²) in [5, 5.41) is 15.4. The highest BCUT2D eigenvalue weighted by Gasteiger charge is 2.20. The molecule has 3 aromatic rings. The number of carbonyl (C=O) groups is 2. The third-order valence-electron chi connectivity index (χ3n) is 5.01. The number of nitrogens with one attached hydrogen (secondary N) is 1. The van der Waals surface area contributed by atoms with E-state index in [-0.39, 0.29) is 16.8 Å². The van der Waals surface area contributed by atoms with Crippen molar-refractivity contribution in [2.45, 2.75) is 27.2 Å². The number of hydrogen-bond donors (Lipinski definition) is 1. The van der Waals surface area contributed by atoms with Crippen LogP contribution in [0.2, 0.25) is 5.02 Å². The van der Waals surface area contributed by atoms with E-state index in [9.17, 15) is 9.59 Å². The Morgan fingerprint density at radius 2 is 1.84 bits per heavy atom. The summed E-state index contributed by atoms with van der Waals surface area (Å²) < 4.78 is 6.60. The van der Waals surface area contributed by atoms with Crippen LogP contribution in [0.25, 0.3) is 5.82 Å². The van der Waals surface area contributed by atoms with Crippen molar-refractivity contribution in [1.29, 1.82) is 0 Å². The van der Waals surface area contributed by atoms with Crippen LogP contribution in [0, 0.1) is 0 Å². The van der Waals surface area contributed by atoms with Gasteiger partial charge in [0, 0.05) is 24.8 Å². The van der Waals surface area contributed by atoms with Crippen LogP contribution >= 0.6 is 11.6 Å². The van der Waals surface area contributed by atoms with Crippen LogP contribution in [0.15, 0.2) is 36.5 Å². The van der Waals surface area contributed by atoms with Gasteiger partial charge in [0.25, 0.3) is 11.8 Å². The van der Waals surface area contributed by atoms with Gasteiger partial charge in [0.05, 0.1) is 35.2 Å². The van der Waals surface area contributed by atoms with Crippen LogP contribution in [-0.2, 0) is 6.42 Å². The number of rotatable bonds is 8. The minimum atomic E-state index is -0.339. The molecule has 0 saturated carbocycles. The second kappa shape index (κ2) is 10.2. The molecule has 1 aromatic carbocycles. The highest BCUT2D eigenvalue weighted by atomic mass is 35.5. The molecule has 0 aliphatic rings. The Morgan fingerprint density at radius 3 is 2.41 bits per heavy atom. The van der Waals surface area contributed by atoms with Gasteiger partial charge in [-0.05, 0) is 44.5 Å². The molecular weight excluding hydrogens is 432 g/mol. The molecule has 0 atom stereocenters. The zero-order chi connectivity index (χ0) is 23.3. The number of halogens is 1. The summed E-state index contributed by atoms with van der Waals surface area (Å²) in [5.41, 5.74) is 1.97. The minimum absolute atomic E-state index is 0.145. The molecule has 0 spiro atoms. The molecule has 0 aliphatic heterocycles. The maximum Gasteiger partial charge on any atom is 0.259 e. The SMILES string of the molecule is CCc1c(C(=O)Nc2ccc(C(=O)N(CC)CC)c(Cl)c2)cnn1-c1ccc(OC)nn1. The Bertz CT molecular complexity index is 1110. The number of benzene rings is 1. The van der Waals surface area contributed by atoms with E-state index in [0.29, 0.717) is 53.7 Å². The average molecular weight is 457 g/mol. The predicted molar refractivity (Wildman–Crippen MR) is 122 cm³/mol. The van der Waals surface area contributed by atoms with E-state index in [1.54, 1.807) is 39.9 Å². The average Bonchev–Trinajstić information content (AvgIpc) is 3.24. The van der Waals surface area contributed by atoms with Crippen molar-refractivity contribution in [2.24, 2.45) is 0 Å². The molecule has 2 amide bonds. The van der Waals surface area contributed by atoms with Gasteiger partial charge in [-0.25, -0.2) is 4.68 Å². The van der Waals surface area contributed by atoms with Crippen LogP contribution in [0.4, 0.5) is 5.69 Å². The smallest absolute Gasteiger partial charge is 0.259 e. The highest BCUT2D eigenvalue weighted by Crippen LogP contribution is 2.24. The number of anilines is 1. The lowest BCUT2D eigenvalue weighted by Gasteiger charge is -2.19. The molecule has 168 valence electrons. The third-order valence-corrected chi connectivity index (χ3v) is 5.32. The van der Waals surface area contributed by atoms with E-state index < -0.39 is 0 Å². The van der Waals surface area contributed by atoms with Crippen molar-refractivity contribution < 1.29 is 14.3 Å². The summed E-state index contributed by atoms with van der Waals surface area (Å²) in [5.74, 6) is 0.377. The second-order valence-corrected chi connectivity index (χ2v) is 7.24. The van der Waals surface area contributed by atoms with Crippen molar-refractivity contribution in [3.05, 3.63) is 58.4 Å². The Kier molecular flexibility index (Phi) is 7.42. The molecule has 2 aromatic heterocycles. The van der Waals surface area contributed by atoms with E-state index in [2.05, 4.69) is 20.6 Å². The Labute approximate surface area is 191 Å². The van der Waals surface area contributed by atoms with E-state index in [1.165, 1.54) is 13.3 Å². The predicted octanol–water partition coefficient (Wildman–Crippen LogP) is 3.62. The summed E-state index contributed by atoms with van der Waals surface area (Å²) in [6.45, 7) is 6.92. The maximum absolute atomic E-state index is 12.9. The van der Waals surface area contributed by atoms with E-state index >= 15 is 0 Å². The van der Waals surface area contributed by atoms with E-state index in [0.717, 1.165) is 0 Å². The lowest BCUT2D eigenvalue weighted by Crippen LogP contribution is -2.30. The first-order valence-electron chi connectivity index (χ1n) is 10.3. The van der Waals surface area contributed by atoms with Crippen molar-refractivity contribution in [3.8, 4) is 11.7 Å². The van der Waals surface area contributed by atoms with Crippen LogP contribution in [0.5, 0.6) is 5.88 Å². The number of methoxy groups -OCH3 is 1. The van der Waals surface area contributed by atoms with Gasteiger partial charge >= 0.3 is 0 Å². The largest absolute Gasteiger partial charge is 0.480 e. The third kappa shape index (κ3) is 4.72. The highest BCUT2D eigenvalue weighted by molar-refractivity contribution is 6.34. The van der Waals surface area contributed by atoms with Gasteiger partial charge in [-0.15, -0.1) is 10.2 Å². The van der Waals surface area contributed by atoms with Gasteiger partial charge in [0.15, 0.2) is 5.82 Å². The molecule has 0 saturated heterocycles. The molecule has 0 bridgehead atoms. The van der Waals surface area contributed by atoms with Gasteiger partial charge in [-0.3, -0.25) is 9.59 Å². The van der Waals surface area contributed by atoms with Gasteiger partial charge < -0.3 is 15.0 Å². The summed E-state index contributed by atoms with van der Waals surface area (Å²) >= 11 is 6.34. The van der Waals surface area contributed by atoms with Gasteiger partial charge in [-0.1, -0.05) is 18.5 Å². The summed E-state index contributed by atoms with van der Waals surface area (Å²) in [6.07, 6.45) is 2.04. The number of amides is 2. The zero-order valence-electron chi connectivity index (χ0n) is 18.4. The molecule has 2 heterocycles. The minimum Gasteiger partial charge on any atom is -0.480 e. The second-order valence-electron chi connectivity index (χ2n) is 6.83. The summed E-state index contributed by atoms with van der Waals surface area (Å²) in [7, 11) is 1.51. The molecule has 0 unspecified atom stereocenters. The molecule has 32 heavy (non-hydrogen) atoms. The molecule has 3 rings (SSSR count). The first-order chi connectivity index (χ1) is 15.4. The van der Waals surface area contributed by atoms with Crippen LogP contribution < -0.4 is 10.1 Å². The molecule has 0 aliphatic carbocycles. The van der Waals surface area contributed by atoms with Crippen LogP contribution in [-0.4, -0.2) is 56.9 Å². The first-order valence-corrected chi connectivity index (χ1v) is 10.7. The van der Waals surface area contributed by atoms with E-state index in [1.807, 2.05) is 20.8 Å². The fraction of sp³-hybridized carbons (Fsp3) is 0.318. The maximum atomic E-state index is 12.9. The molecular formula is C22H25ClN6O3. The molecule has 10 heteroatoms. The topological polar surface area (TPSA) is 102 Å². The Morgan fingerprint density at radius 1 is 1.09 bits per heavy atom. The molecule has 9 nitrogen and oxygen atoms in total. The van der Waals surface area contributed by atoms with Crippen molar-refractivity contribution >= 4 is 29.1 Å².